The molecule has 2 rings (SSSR count). The quantitative estimate of drug-likeness (QED) is 0.708. The molecule has 1 aromatic heterocycles. The molecule has 1 aliphatic carbocycles. The maximum absolute atomic E-state index is 13.2. The molecule has 0 aliphatic heterocycles. The third-order valence-corrected chi connectivity index (χ3v) is 7.18. The zero-order valence-electron chi connectivity index (χ0n) is 16.4. The van der Waals surface area contributed by atoms with E-state index >= 15 is 0 Å². The molecule has 1 heterocycles. The van der Waals surface area contributed by atoms with Crippen molar-refractivity contribution in [2.24, 2.45) is 5.92 Å². The lowest BCUT2D eigenvalue weighted by Gasteiger charge is -2.33. The van der Waals surface area contributed by atoms with E-state index in [0.717, 1.165) is 22.9 Å². The Balaban J connectivity index is 2.19. The molecule has 0 saturated heterocycles. The smallest absolute Gasteiger partial charge is 0.351 e. The van der Waals surface area contributed by atoms with Crippen LogP contribution in [-0.4, -0.2) is 48.5 Å². The highest BCUT2D eigenvalue weighted by Gasteiger charge is 2.45. The van der Waals surface area contributed by atoms with Gasteiger partial charge >= 0.3 is 6.18 Å². The Hall–Kier alpha value is -1.88. The van der Waals surface area contributed by atoms with Crippen LogP contribution in [0.2, 0.25) is 0 Å². The summed E-state index contributed by atoms with van der Waals surface area (Å²) in [7, 11) is -3.84. The number of carbonyl (C=O) groups excluding carboxylic acids is 1. The van der Waals surface area contributed by atoms with Crippen LogP contribution in [0.25, 0.3) is 0 Å². The van der Waals surface area contributed by atoms with Gasteiger partial charge in [-0.25, -0.2) is 8.42 Å². The summed E-state index contributed by atoms with van der Waals surface area (Å²) in [5.74, 6) is -2.38. The number of nitrogens with zero attached hydrogens (tertiary/aromatic N) is 2. The van der Waals surface area contributed by atoms with Crippen LogP contribution in [0.5, 0.6) is 0 Å². The minimum Gasteiger partial charge on any atom is -0.351 e. The predicted octanol–water partition coefficient (Wildman–Crippen LogP) is 2.12. The third-order valence-electron chi connectivity index (χ3n) is 5.15. The minimum atomic E-state index is -4.41. The van der Waals surface area contributed by atoms with Crippen molar-refractivity contribution in [3.63, 3.8) is 0 Å². The molecule has 164 valence electrons. The van der Waals surface area contributed by atoms with E-state index in [4.69, 9.17) is 0 Å². The van der Waals surface area contributed by atoms with E-state index in [1.165, 1.54) is 4.31 Å². The Bertz CT molecular complexity index is 879. The molecule has 1 aromatic rings. The molecule has 0 bridgehead atoms. The Kier molecular flexibility index (Phi) is 7.50. The Morgan fingerprint density at radius 1 is 1.21 bits per heavy atom. The molecule has 0 spiro atoms. The van der Waals surface area contributed by atoms with Crippen molar-refractivity contribution in [1.29, 1.82) is 0 Å². The molecule has 11 heteroatoms. The van der Waals surface area contributed by atoms with Gasteiger partial charge in [-0.3, -0.25) is 9.59 Å². The molecular weight excluding hydrogens is 411 g/mol. The largest absolute Gasteiger partial charge is 0.393 e. The van der Waals surface area contributed by atoms with Gasteiger partial charge in [0.2, 0.25) is 15.9 Å². The van der Waals surface area contributed by atoms with E-state index in [9.17, 15) is 31.2 Å². The average Bonchev–Trinajstić information content (AvgIpc) is 2.63. The second-order valence-corrected chi connectivity index (χ2v) is 8.96. The van der Waals surface area contributed by atoms with Crippen LogP contribution in [0.3, 0.4) is 0 Å². The number of pyridine rings is 1. The molecule has 1 aliphatic rings. The van der Waals surface area contributed by atoms with Crippen molar-refractivity contribution in [3.05, 3.63) is 28.7 Å². The molecule has 0 radical (unpaired) electrons. The molecule has 0 unspecified atom stereocenters. The van der Waals surface area contributed by atoms with Gasteiger partial charge in [-0.15, -0.1) is 0 Å². The van der Waals surface area contributed by atoms with Crippen LogP contribution in [0.4, 0.5) is 13.2 Å². The van der Waals surface area contributed by atoms with Crippen molar-refractivity contribution in [3.8, 4) is 0 Å². The molecule has 2 atom stereocenters. The van der Waals surface area contributed by atoms with E-state index in [1.807, 2.05) is 0 Å². The average molecular weight is 437 g/mol. The number of hydrogen-bond donors (Lipinski definition) is 1. The van der Waals surface area contributed by atoms with Crippen LogP contribution < -0.4 is 10.9 Å². The second kappa shape index (κ2) is 9.29. The summed E-state index contributed by atoms with van der Waals surface area (Å²) in [6.45, 7) is 3.26. The highest BCUT2D eigenvalue weighted by Crippen LogP contribution is 2.37. The fraction of sp³-hybridized carbons (Fsp3) is 0.667. The number of nitrogens with one attached hydrogen (secondary N) is 1. The molecule has 1 amide bonds. The normalized spacial score (nSPS) is 20.6. The van der Waals surface area contributed by atoms with E-state index in [1.54, 1.807) is 13.8 Å². The van der Waals surface area contributed by atoms with Crippen molar-refractivity contribution >= 4 is 15.9 Å². The highest BCUT2D eigenvalue weighted by atomic mass is 32.2. The molecular formula is C18H26F3N3O4S. The maximum atomic E-state index is 13.2. The molecule has 0 aromatic carbocycles. The lowest BCUT2D eigenvalue weighted by Crippen LogP contribution is -2.49. The number of sulfonamides is 1. The van der Waals surface area contributed by atoms with Gasteiger partial charge in [-0.2, -0.15) is 17.5 Å². The summed E-state index contributed by atoms with van der Waals surface area (Å²) in [6.07, 6.45) is -2.17. The number of halogens is 3. The standard InChI is InChI=1S/C18H26F3N3O4S/c1-3-24(4-2)29(27,28)13-9-10-17(26)23(11-13)12-16(25)22-15-8-6-5-7-14(15)18(19,20)21/h9-11,14-15H,3-8,12H2,1-2H3,(H,22,25)/t14-,15+/m0/s1. The monoisotopic (exact) mass is 437 g/mol. The summed E-state index contributed by atoms with van der Waals surface area (Å²) in [6, 6.07) is 1.14. The molecule has 29 heavy (non-hydrogen) atoms. The van der Waals surface area contributed by atoms with Crippen molar-refractivity contribution in [1.82, 2.24) is 14.2 Å². The highest BCUT2D eigenvalue weighted by molar-refractivity contribution is 7.89. The zero-order chi connectivity index (χ0) is 21.8. The first-order valence-electron chi connectivity index (χ1n) is 9.57. The maximum Gasteiger partial charge on any atom is 0.393 e. The summed E-state index contributed by atoms with van der Waals surface area (Å²) in [5.41, 5.74) is -0.616. The number of hydrogen-bond acceptors (Lipinski definition) is 4. The van der Waals surface area contributed by atoms with Gasteiger partial charge in [-0.05, 0) is 18.9 Å². The van der Waals surface area contributed by atoms with Crippen molar-refractivity contribution < 1.29 is 26.4 Å². The zero-order valence-corrected chi connectivity index (χ0v) is 17.2. The van der Waals surface area contributed by atoms with Gasteiger partial charge in [0, 0.05) is 31.4 Å². The molecule has 7 nitrogen and oxygen atoms in total. The summed E-state index contributed by atoms with van der Waals surface area (Å²) < 4.78 is 66.8. The predicted molar refractivity (Wildman–Crippen MR) is 101 cm³/mol. The van der Waals surface area contributed by atoms with Gasteiger partial charge in [0.05, 0.1) is 10.8 Å². The lowest BCUT2D eigenvalue weighted by atomic mass is 9.84. The Labute approximate surface area is 167 Å². The van der Waals surface area contributed by atoms with Gasteiger partial charge in [-0.1, -0.05) is 26.7 Å². The number of carbonyl (C=O) groups is 1. The first-order valence-corrected chi connectivity index (χ1v) is 11.0. The summed E-state index contributed by atoms with van der Waals surface area (Å²) >= 11 is 0. The Morgan fingerprint density at radius 2 is 1.83 bits per heavy atom. The van der Waals surface area contributed by atoms with Crippen LogP contribution in [0.15, 0.2) is 28.0 Å². The van der Waals surface area contributed by atoms with Gasteiger partial charge < -0.3 is 9.88 Å². The van der Waals surface area contributed by atoms with Crippen molar-refractivity contribution in [2.45, 2.75) is 63.2 Å². The van der Waals surface area contributed by atoms with E-state index < -0.39 is 46.2 Å². The summed E-state index contributed by atoms with van der Waals surface area (Å²) in [5, 5.41) is 2.38. The SMILES string of the molecule is CCN(CC)S(=O)(=O)c1ccc(=O)n(CC(=O)N[C@@H]2CCCC[C@@H]2C(F)(F)F)c1. The van der Waals surface area contributed by atoms with Crippen LogP contribution in [0.1, 0.15) is 39.5 Å². The van der Waals surface area contributed by atoms with Crippen LogP contribution in [-0.2, 0) is 21.4 Å². The van der Waals surface area contributed by atoms with Gasteiger partial charge in [0.25, 0.3) is 5.56 Å². The van der Waals surface area contributed by atoms with Crippen molar-refractivity contribution in [2.75, 3.05) is 13.1 Å². The molecule has 1 saturated carbocycles. The van der Waals surface area contributed by atoms with E-state index in [0.29, 0.717) is 12.8 Å². The topological polar surface area (TPSA) is 88.5 Å². The number of amides is 1. The van der Waals surface area contributed by atoms with Crippen LogP contribution >= 0.6 is 0 Å². The van der Waals surface area contributed by atoms with Gasteiger partial charge in [0.15, 0.2) is 0 Å². The fourth-order valence-corrected chi connectivity index (χ4v) is 5.08. The minimum absolute atomic E-state index is 0.0496. The first-order chi connectivity index (χ1) is 13.5. The lowest BCUT2D eigenvalue weighted by molar-refractivity contribution is -0.189. The van der Waals surface area contributed by atoms with E-state index in [2.05, 4.69) is 5.32 Å². The number of alkyl halides is 3. The summed E-state index contributed by atoms with van der Waals surface area (Å²) in [4.78, 5) is 24.2. The number of aromatic nitrogens is 1. The fourth-order valence-electron chi connectivity index (χ4n) is 3.60. The first kappa shape index (κ1) is 23.4. The van der Waals surface area contributed by atoms with E-state index in [-0.39, 0.29) is 30.8 Å². The number of rotatable bonds is 7. The molecule has 1 N–H and O–H groups in total. The Morgan fingerprint density at radius 3 is 2.41 bits per heavy atom. The van der Waals surface area contributed by atoms with Gasteiger partial charge in [0.1, 0.15) is 6.54 Å². The third kappa shape index (κ3) is 5.59. The second-order valence-electron chi connectivity index (χ2n) is 7.03. The van der Waals surface area contributed by atoms with Crippen LogP contribution in [0, 0.1) is 5.92 Å². The molecule has 1 fully saturated rings.